The number of carboxylic acids is 2. The van der Waals surface area contributed by atoms with Gasteiger partial charge in [0.15, 0.2) is 0 Å². The van der Waals surface area contributed by atoms with Crippen LogP contribution in [-0.2, 0) is 9.59 Å². The van der Waals surface area contributed by atoms with Crippen LogP contribution in [0, 0.1) is 0 Å². The summed E-state index contributed by atoms with van der Waals surface area (Å²) in [5.41, 5.74) is 1.17. The average Bonchev–Trinajstić information content (AvgIpc) is 1.82. The summed E-state index contributed by atoms with van der Waals surface area (Å²) in [7, 11) is 0. The van der Waals surface area contributed by atoms with Crippen LogP contribution in [0.25, 0.3) is 0 Å². The molecule has 0 aliphatic heterocycles. The normalized spacial score (nSPS) is 7.85. The molecular formula is C8H12NaO4. The second-order valence-corrected chi connectivity index (χ2v) is 2.22. The van der Waals surface area contributed by atoms with Gasteiger partial charge in [0.05, 0.1) is 0 Å². The van der Waals surface area contributed by atoms with Crippen molar-refractivity contribution in [2.45, 2.75) is 13.8 Å². The number of carbonyl (C=O) groups is 2. The molecule has 0 aliphatic carbocycles. The second-order valence-electron chi connectivity index (χ2n) is 2.22. The number of aliphatic carboxylic acids is 2. The zero-order chi connectivity index (χ0) is 10.1. The molecule has 4 nitrogen and oxygen atoms in total. The average molecular weight is 195 g/mol. The Bertz CT molecular complexity index is 188. The van der Waals surface area contributed by atoms with E-state index in [-0.39, 0.29) is 29.6 Å². The molecule has 0 fully saturated rings. The summed E-state index contributed by atoms with van der Waals surface area (Å²) in [5, 5.41) is 15.6. The molecule has 0 unspecified atom stereocenters. The summed E-state index contributed by atoms with van der Waals surface area (Å²) in [5.74, 6) is -2.51. The molecule has 0 atom stereocenters. The molecule has 0 aliphatic rings. The molecule has 5 heteroatoms. The Balaban J connectivity index is -0.000000173. The maximum absolute atomic E-state index is 9.55. The molecule has 0 heterocycles. The van der Waals surface area contributed by atoms with Crippen LogP contribution in [0.5, 0.6) is 0 Å². The smallest absolute Gasteiger partial charge is 0.328 e. The van der Waals surface area contributed by atoms with Crippen LogP contribution in [0.1, 0.15) is 13.8 Å². The molecule has 0 saturated heterocycles. The van der Waals surface area contributed by atoms with E-state index < -0.39 is 11.9 Å². The third kappa shape index (κ3) is 51.9. The van der Waals surface area contributed by atoms with E-state index in [1.807, 2.05) is 13.8 Å². The zero-order valence-corrected chi connectivity index (χ0v) is 10.1. The maximum Gasteiger partial charge on any atom is 0.328 e. The van der Waals surface area contributed by atoms with E-state index in [0.717, 1.165) is 0 Å². The molecule has 0 aromatic heterocycles. The Labute approximate surface area is 99.2 Å². The molecule has 2 N–H and O–H groups in total. The quantitative estimate of drug-likeness (QED) is 0.390. The molecule has 13 heavy (non-hydrogen) atoms. The van der Waals surface area contributed by atoms with Crippen molar-refractivity contribution in [3.63, 3.8) is 0 Å². The monoisotopic (exact) mass is 195 g/mol. The number of hydrogen-bond donors (Lipinski definition) is 2. The number of allylic oxidation sites excluding steroid dienone is 1. The molecule has 0 saturated carbocycles. The van der Waals surface area contributed by atoms with E-state index in [1.165, 1.54) is 5.57 Å². The van der Waals surface area contributed by atoms with Gasteiger partial charge in [0.25, 0.3) is 0 Å². The summed E-state index contributed by atoms with van der Waals surface area (Å²) in [6, 6.07) is 0. The van der Waals surface area contributed by atoms with Crippen LogP contribution in [0.2, 0.25) is 0 Å². The van der Waals surface area contributed by atoms with Gasteiger partial charge in [-0.05, 0) is 13.8 Å². The fourth-order valence-corrected chi connectivity index (χ4v) is 0.143. The Hall–Kier alpha value is -0.580. The van der Waals surface area contributed by atoms with Crippen molar-refractivity contribution >= 4 is 41.5 Å². The predicted molar refractivity (Wildman–Crippen MR) is 50.7 cm³/mol. The van der Waals surface area contributed by atoms with Gasteiger partial charge >= 0.3 is 11.9 Å². The Morgan fingerprint density at radius 2 is 1.23 bits per heavy atom. The van der Waals surface area contributed by atoms with Crippen LogP contribution >= 0.6 is 0 Å². The Morgan fingerprint density at radius 1 is 1.08 bits per heavy atom. The number of rotatable bonds is 2. The molecule has 0 bridgehead atoms. The third-order valence-electron chi connectivity index (χ3n) is 0.368. The van der Waals surface area contributed by atoms with E-state index in [9.17, 15) is 9.59 Å². The first-order chi connectivity index (χ1) is 5.36. The van der Waals surface area contributed by atoms with Crippen molar-refractivity contribution in [3.8, 4) is 0 Å². The molecular weight excluding hydrogens is 183 g/mol. The second kappa shape index (κ2) is 11.4. The predicted octanol–water partition coefficient (Wildman–Crippen LogP) is 0.913. The van der Waals surface area contributed by atoms with Crippen LogP contribution in [0.3, 0.4) is 0 Å². The van der Waals surface area contributed by atoms with Crippen molar-refractivity contribution < 1.29 is 19.8 Å². The van der Waals surface area contributed by atoms with Gasteiger partial charge in [-0.25, -0.2) is 9.59 Å². The van der Waals surface area contributed by atoms with Crippen molar-refractivity contribution in [1.29, 1.82) is 0 Å². The van der Waals surface area contributed by atoms with E-state index in [0.29, 0.717) is 12.2 Å². The summed E-state index contributed by atoms with van der Waals surface area (Å²) in [4.78, 5) is 19.1. The SMILES string of the molecule is C=C(C)C.O=C(O)C=CC(=O)O.[Na]. The molecule has 0 spiro atoms. The van der Waals surface area contributed by atoms with Gasteiger partial charge in [-0.1, -0.05) is 5.57 Å². The van der Waals surface area contributed by atoms with Crippen molar-refractivity contribution in [1.82, 2.24) is 0 Å². The Kier molecular flexibility index (Phi) is 16.0. The molecule has 0 amide bonds. The minimum absolute atomic E-state index is 0. The van der Waals surface area contributed by atoms with Gasteiger partial charge in [0.2, 0.25) is 0 Å². The molecule has 0 rings (SSSR count). The molecule has 0 aromatic carbocycles. The van der Waals surface area contributed by atoms with Crippen LogP contribution in [0.4, 0.5) is 0 Å². The number of carboxylic acid groups (broad SMARTS) is 2. The maximum atomic E-state index is 9.55. The first-order valence-corrected chi connectivity index (χ1v) is 3.12. The van der Waals surface area contributed by atoms with E-state index in [4.69, 9.17) is 10.2 Å². The van der Waals surface area contributed by atoms with E-state index in [1.54, 1.807) is 0 Å². The van der Waals surface area contributed by atoms with Crippen molar-refractivity contribution in [3.05, 3.63) is 24.3 Å². The first-order valence-electron chi connectivity index (χ1n) is 3.12. The molecule has 69 valence electrons. The summed E-state index contributed by atoms with van der Waals surface area (Å²) in [6.07, 6.45) is 1.12. The van der Waals surface area contributed by atoms with Gasteiger partial charge in [-0.3, -0.25) is 0 Å². The number of hydrogen-bond acceptors (Lipinski definition) is 2. The topological polar surface area (TPSA) is 74.6 Å². The van der Waals surface area contributed by atoms with E-state index in [2.05, 4.69) is 6.58 Å². The minimum Gasteiger partial charge on any atom is -0.478 e. The van der Waals surface area contributed by atoms with Gasteiger partial charge in [-0.2, -0.15) is 0 Å². The molecule has 1 radical (unpaired) electrons. The molecule has 0 aromatic rings. The van der Waals surface area contributed by atoms with Crippen molar-refractivity contribution in [2.75, 3.05) is 0 Å². The summed E-state index contributed by atoms with van der Waals surface area (Å²) >= 11 is 0. The van der Waals surface area contributed by atoms with Gasteiger partial charge in [-0.15, -0.1) is 6.58 Å². The van der Waals surface area contributed by atoms with Crippen molar-refractivity contribution in [2.24, 2.45) is 0 Å². The fraction of sp³-hybridized carbons (Fsp3) is 0.250. The summed E-state index contributed by atoms with van der Waals surface area (Å²) < 4.78 is 0. The van der Waals surface area contributed by atoms with E-state index >= 15 is 0 Å². The van der Waals surface area contributed by atoms with Crippen LogP contribution in [0.15, 0.2) is 24.3 Å². The summed E-state index contributed by atoms with van der Waals surface area (Å²) in [6.45, 7) is 7.50. The first kappa shape index (κ1) is 18.3. The fourth-order valence-electron chi connectivity index (χ4n) is 0.143. The zero-order valence-electron chi connectivity index (χ0n) is 8.07. The third-order valence-corrected chi connectivity index (χ3v) is 0.368. The van der Waals surface area contributed by atoms with Gasteiger partial charge < -0.3 is 10.2 Å². The van der Waals surface area contributed by atoms with Crippen LogP contribution in [-0.4, -0.2) is 51.7 Å². The van der Waals surface area contributed by atoms with Crippen LogP contribution < -0.4 is 0 Å². The largest absolute Gasteiger partial charge is 0.478 e. The standard InChI is InChI=1S/C4H4O4.C4H8.Na/c5-3(6)1-2-4(7)8;1-4(2)3;/h1-2H,(H,5,6)(H,7,8);1H2,2-3H3;. The van der Waals surface area contributed by atoms with Gasteiger partial charge in [0, 0.05) is 41.7 Å². The van der Waals surface area contributed by atoms with Gasteiger partial charge in [0.1, 0.15) is 0 Å². The minimum atomic E-state index is -1.26. The Morgan fingerprint density at radius 3 is 1.31 bits per heavy atom.